The van der Waals surface area contributed by atoms with Gasteiger partial charge in [0.15, 0.2) is 0 Å². The SMILES string of the molecule is COCC(=O)Nc1ccc(C(=O)N2CCN3CCN(C)C(=O)C3C2)cc1. The fraction of sp³-hybridized carbons (Fsp3) is 0.500. The van der Waals surface area contributed by atoms with Gasteiger partial charge in [-0.1, -0.05) is 0 Å². The van der Waals surface area contributed by atoms with Gasteiger partial charge in [-0.25, -0.2) is 0 Å². The van der Waals surface area contributed by atoms with Gasteiger partial charge in [-0.15, -0.1) is 0 Å². The normalized spacial score (nSPS) is 20.7. The number of ether oxygens (including phenoxy) is 1. The molecule has 140 valence electrons. The molecule has 0 radical (unpaired) electrons. The third kappa shape index (κ3) is 3.86. The van der Waals surface area contributed by atoms with Crippen LogP contribution < -0.4 is 5.32 Å². The lowest BCUT2D eigenvalue weighted by Crippen LogP contribution is -2.64. The van der Waals surface area contributed by atoms with Crippen LogP contribution in [0.5, 0.6) is 0 Å². The average molecular weight is 360 g/mol. The van der Waals surface area contributed by atoms with Crippen LogP contribution in [0.3, 0.4) is 0 Å². The molecule has 2 heterocycles. The van der Waals surface area contributed by atoms with E-state index in [1.807, 2.05) is 0 Å². The third-order valence-corrected chi connectivity index (χ3v) is 4.85. The number of fused-ring (bicyclic) bond motifs is 1. The van der Waals surface area contributed by atoms with Gasteiger partial charge in [0, 0.05) is 58.1 Å². The number of nitrogens with one attached hydrogen (secondary N) is 1. The number of nitrogens with zero attached hydrogens (tertiary/aromatic N) is 3. The number of methoxy groups -OCH3 is 1. The van der Waals surface area contributed by atoms with Crippen molar-refractivity contribution in [2.45, 2.75) is 6.04 Å². The van der Waals surface area contributed by atoms with Gasteiger partial charge in [0.25, 0.3) is 5.91 Å². The summed E-state index contributed by atoms with van der Waals surface area (Å²) in [6.45, 7) is 3.30. The summed E-state index contributed by atoms with van der Waals surface area (Å²) in [6.07, 6.45) is 0. The lowest BCUT2D eigenvalue weighted by Gasteiger charge is -2.45. The largest absolute Gasteiger partial charge is 0.375 e. The molecule has 3 amide bonds. The van der Waals surface area contributed by atoms with Crippen LogP contribution in [0.2, 0.25) is 0 Å². The molecule has 0 saturated carbocycles. The Balaban J connectivity index is 1.64. The van der Waals surface area contributed by atoms with Gasteiger partial charge >= 0.3 is 0 Å². The number of anilines is 1. The summed E-state index contributed by atoms with van der Waals surface area (Å²) in [7, 11) is 3.26. The molecule has 0 bridgehead atoms. The van der Waals surface area contributed by atoms with E-state index in [0.29, 0.717) is 30.9 Å². The molecule has 2 saturated heterocycles. The topological polar surface area (TPSA) is 82.2 Å². The Morgan fingerprint density at radius 1 is 1.15 bits per heavy atom. The summed E-state index contributed by atoms with van der Waals surface area (Å²) >= 11 is 0. The molecule has 1 atom stereocenters. The predicted octanol–water partition coefficient (Wildman–Crippen LogP) is -0.130. The van der Waals surface area contributed by atoms with Crippen molar-refractivity contribution in [3.63, 3.8) is 0 Å². The quantitative estimate of drug-likeness (QED) is 0.809. The van der Waals surface area contributed by atoms with Gasteiger partial charge in [0.2, 0.25) is 11.8 Å². The Morgan fingerprint density at radius 2 is 1.85 bits per heavy atom. The van der Waals surface area contributed by atoms with Gasteiger partial charge in [0.1, 0.15) is 12.6 Å². The monoisotopic (exact) mass is 360 g/mol. The fourth-order valence-electron chi connectivity index (χ4n) is 3.36. The zero-order chi connectivity index (χ0) is 18.7. The number of carbonyl (C=O) groups excluding carboxylic acids is 3. The van der Waals surface area contributed by atoms with Gasteiger partial charge in [-0.05, 0) is 24.3 Å². The van der Waals surface area contributed by atoms with Crippen molar-refractivity contribution in [3.8, 4) is 0 Å². The second-order valence-corrected chi connectivity index (χ2v) is 6.62. The van der Waals surface area contributed by atoms with Crippen LogP contribution in [0.15, 0.2) is 24.3 Å². The van der Waals surface area contributed by atoms with Crippen molar-refractivity contribution in [2.75, 3.05) is 58.8 Å². The number of piperazine rings is 2. The molecule has 0 aliphatic carbocycles. The van der Waals surface area contributed by atoms with Crippen LogP contribution in [0.25, 0.3) is 0 Å². The first-order chi connectivity index (χ1) is 12.5. The molecule has 26 heavy (non-hydrogen) atoms. The lowest BCUT2D eigenvalue weighted by atomic mass is 10.1. The molecule has 2 aliphatic heterocycles. The first-order valence-electron chi connectivity index (χ1n) is 8.66. The minimum atomic E-state index is -0.251. The molecule has 0 aromatic heterocycles. The summed E-state index contributed by atoms with van der Waals surface area (Å²) in [6, 6.07) is 6.50. The molecule has 8 heteroatoms. The zero-order valence-corrected chi connectivity index (χ0v) is 15.1. The molecule has 2 aliphatic rings. The van der Waals surface area contributed by atoms with Crippen molar-refractivity contribution in [1.29, 1.82) is 0 Å². The van der Waals surface area contributed by atoms with Crippen molar-refractivity contribution in [1.82, 2.24) is 14.7 Å². The number of amides is 3. The summed E-state index contributed by atoms with van der Waals surface area (Å²) in [4.78, 5) is 42.3. The highest BCUT2D eigenvalue weighted by atomic mass is 16.5. The zero-order valence-electron chi connectivity index (χ0n) is 15.1. The molecule has 0 spiro atoms. The molecule has 3 rings (SSSR count). The summed E-state index contributed by atoms with van der Waals surface area (Å²) in [5, 5.41) is 2.69. The van der Waals surface area contributed by atoms with Crippen LogP contribution >= 0.6 is 0 Å². The lowest BCUT2D eigenvalue weighted by molar-refractivity contribution is -0.142. The van der Waals surface area contributed by atoms with Crippen molar-refractivity contribution < 1.29 is 19.1 Å². The van der Waals surface area contributed by atoms with Crippen LogP contribution in [0.4, 0.5) is 5.69 Å². The first kappa shape index (κ1) is 18.3. The standard InChI is InChI=1S/C18H24N4O4/c1-20-7-8-21-9-10-22(11-15(21)18(20)25)17(24)13-3-5-14(6-4-13)19-16(23)12-26-2/h3-6,15H,7-12H2,1-2H3,(H,19,23). The van der Waals surface area contributed by atoms with Gasteiger partial charge in [-0.2, -0.15) is 0 Å². The fourth-order valence-corrected chi connectivity index (χ4v) is 3.36. The number of likely N-dealkylation sites (N-methyl/N-ethyl adjacent to an activating group) is 1. The smallest absolute Gasteiger partial charge is 0.253 e. The number of rotatable bonds is 4. The van der Waals surface area contributed by atoms with E-state index < -0.39 is 0 Å². The van der Waals surface area contributed by atoms with Crippen LogP contribution in [0.1, 0.15) is 10.4 Å². The van der Waals surface area contributed by atoms with Gasteiger partial charge in [0.05, 0.1) is 0 Å². The van der Waals surface area contributed by atoms with E-state index in [4.69, 9.17) is 4.74 Å². The molecule has 1 aromatic rings. The summed E-state index contributed by atoms with van der Waals surface area (Å²) in [5.41, 5.74) is 1.15. The first-order valence-corrected chi connectivity index (χ1v) is 8.66. The van der Waals surface area contributed by atoms with E-state index in [9.17, 15) is 14.4 Å². The van der Waals surface area contributed by atoms with E-state index in [2.05, 4.69) is 10.2 Å². The van der Waals surface area contributed by atoms with Crippen molar-refractivity contribution >= 4 is 23.4 Å². The summed E-state index contributed by atoms with van der Waals surface area (Å²) in [5.74, 6) is -0.270. The van der Waals surface area contributed by atoms with Crippen LogP contribution in [-0.2, 0) is 14.3 Å². The van der Waals surface area contributed by atoms with E-state index in [0.717, 1.165) is 13.1 Å². The number of hydrogen-bond acceptors (Lipinski definition) is 5. The van der Waals surface area contributed by atoms with E-state index in [1.165, 1.54) is 7.11 Å². The van der Waals surface area contributed by atoms with Crippen molar-refractivity contribution in [2.24, 2.45) is 0 Å². The van der Waals surface area contributed by atoms with E-state index in [1.54, 1.807) is 41.1 Å². The van der Waals surface area contributed by atoms with E-state index >= 15 is 0 Å². The highest BCUT2D eigenvalue weighted by molar-refractivity contribution is 5.96. The third-order valence-electron chi connectivity index (χ3n) is 4.85. The van der Waals surface area contributed by atoms with Crippen LogP contribution in [-0.4, -0.2) is 92.0 Å². The second-order valence-electron chi connectivity index (χ2n) is 6.62. The Bertz CT molecular complexity index is 691. The molecule has 8 nitrogen and oxygen atoms in total. The predicted molar refractivity (Wildman–Crippen MR) is 95.8 cm³/mol. The van der Waals surface area contributed by atoms with Gasteiger partial charge < -0.3 is 19.9 Å². The Kier molecular flexibility index (Phi) is 5.53. The molecular weight excluding hydrogens is 336 g/mol. The van der Waals surface area contributed by atoms with Crippen LogP contribution in [0, 0.1) is 0 Å². The minimum Gasteiger partial charge on any atom is -0.375 e. The summed E-state index contributed by atoms with van der Waals surface area (Å²) < 4.78 is 4.77. The maximum atomic E-state index is 12.8. The molecule has 1 N–H and O–H groups in total. The molecule has 2 fully saturated rings. The highest BCUT2D eigenvalue weighted by Gasteiger charge is 2.38. The maximum absolute atomic E-state index is 12.8. The molecular formula is C18H24N4O4. The Hall–Kier alpha value is -2.45. The molecule has 1 unspecified atom stereocenters. The average Bonchev–Trinajstić information content (AvgIpc) is 2.65. The maximum Gasteiger partial charge on any atom is 0.253 e. The Labute approximate surface area is 152 Å². The number of carbonyl (C=O) groups is 3. The van der Waals surface area contributed by atoms with E-state index in [-0.39, 0.29) is 30.4 Å². The van der Waals surface area contributed by atoms with Crippen molar-refractivity contribution in [3.05, 3.63) is 29.8 Å². The van der Waals surface area contributed by atoms with Gasteiger partial charge in [-0.3, -0.25) is 19.3 Å². The minimum absolute atomic E-state index is 0.0190. The second kappa shape index (κ2) is 7.84. The molecule has 1 aromatic carbocycles. The number of benzene rings is 1. The number of hydrogen-bond donors (Lipinski definition) is 1. The highest BCUT2D eigenvalue weighted by Crippen LogP contribution is 2.19. The Morgan fingerprint density at radius 3 is 2.54 bits per heavy atom.